The van der Waals surface area contributed by atoms with E-state index >= 15 is 0 Å². The molecule has 2 atom stereocenters. The zero-order valence-electron chi connectivity index (χ0n) is 21.6. The number of rotatable bonds is 12. The van der Waals surface area contributed by atoms with Gasteiger partial charge in [0, 0.05) is 33.4 Å². The van der Waals surface area contributed by atoms with Crippen LogP contribution in [0.3, 0.4) is 0 Å². The van der Waals surface area contributed by atoms with Crippen LogP contribution in [0.1, 0.15) is 34.8 Å². The van der Waals surface area contributed by atoms with Gasteiger partial charge in [-0.3, -0.25) is 0 Å². The number of nitrogens with two attached hydrogens (primary N) is 1. The molecule has 0 radical (unpaired) electrons. The lowest BCUT2D eigenvalue weighted by Gasteiger charge is -2.18. The summed E-state index contributed by atoms with van der Waals surface area (Å²) in [6, 6.07) is 20.4. The number of fused-ring (bicyclic) bond motifs is 2. The number of benzene rings is 2. The van der Waals surface area contributed by atoms with Gasteiger partial charge in [-0.25, -0.2) is 0 Å². The molecule has 0 aliphatic heterocycles. The molecule has 39 heavy (non-hydrogen) atoms. The largest absolute Gasteiger partial charge is 0.481 e. The second-order valence-electron chi connectivity index (χ2n) is 9.31. The highest BCUT2D eigenvalue weighted by molar-refractivity contribution is 7.10. The Morgan fingerprint density at radius 1 is 0.846 bits per heavy atom. The van der Waals surface area contributed by atoms with Crippen LogP contribution in [-0.4, -0.2) is 20.1 Å². The zero-order chi connectivity index (χ0) is 26.6. The topological polar surface area (TPSA) is 82.8 Å². The van der Waals surface area contributed by atoms with E-state index in [-0.39, 0.29) is 12.2 Å². The van der Waals surface area contributed by atoms with Crippen LogP contribution in [0.2, 0.25) is 0 Å². The van der Waals surface area contributed by atoms with Gasteiger partial charge in [-0.1, -0.05) is 18.2 Å². The maximum atomic E-state index is 6.53. The Balaban J connectivity index is 1.28. The molecule has 2 aromatic carbocycles. The summed E-state index contributed by atoms with van der Waals surface area (Å²) in [4.78, 5) is 2.31. The predicted octanol–water partition coefficient (Wildman–Crippen LogP) is 8.17. The Hall–Kier alpha value is -3.56. The molecule has 6 nitrogen and oxygen atoms in total. The molecule has 2 unspecified atom stereocenters. The molecule has 0 saturated heterocycles. The minimum atomic E-state index is -0.175. The van der Waals surface area contributed by atoms with E-state index in [0.717, 1.165) is 62.4 Å². The highest BCUT2D eigenvalue weighted by atomic mass is 32.1. The average Bonchev–Trinajstić information content (AvgIpc) is 3.77. The Kier molecular flexibility index (Phi) is 7.69. The van der Waals surface area contributed by atoms with Gasteiger partial charge in [0.25, 0.3) is 0 Å². The fourth-order valence-corrected chi connectivity index (χ4v) is 6.59. The molecule has 0 amide bonds. The number of hydrogen-bond acceptors (Lipinski definition) is 8. The van der Waals surface area contributed by atoms with Crippen LogP contribution in [0.15, 0.2) is 92.8 Å². The fraction of sp³-hybridized carbons (Fsp3) is 0.226. The summed E-state index contributed by atoms with van der Waals surface area (Å²) in [5.41, 5.74) is 9.70. The van der Waals surface area contributed by atoms with Crippen LogP contribution in [0, 0.1) is 0 Å². The lowest BCUT2D eigenvalue weighted by atomic mass is 10.0. The molecule has 3 N–H and O–H groups in total. The van der Waals surface area contributed by atoms with E-state index in [9.17, 15) is 0 Å². The third kappa shape index (κ3) is 5.33. The maximum Gasteiger partial charge on any atom is 0.176 e. The van der Waals surface area contributed by atoms with E-state index in [1.807, 2.05) is 43.4 Å². The van der Waals surface area contributed by atoms with E-state index in [0.29, 0.717) is 13.0 Å². The lowest BCUT2D eigenvalue weighted by Crippen LogP contribution is -2.15. The molecule has 0 aliphatic rings. The summed E-state index contributed by atoms with van der Waals surface area (Å²) in [7, 11) is 1.96. The van der Waals surface area contributed by atoms with Crippen molar-refractivity contribution >= 4 is 44.6 Å². The van der Waals surface area contributed by atoms with E-state index < -0.39 is 0 Å². The van der Waals surface area contributed by atoms with Crippen molar-refractivity contribution < 1.29 is 18.3 Å². The Labute approximate surface area is 235 Å². The minimum absolute atomic E-state index is 0.0443. The molecule has 6 rings (SSSR count). The van der Waals surface area contributed by atoms with E-state index in [1.54, 1.807) is 35.2 Å². The van der Waals surface area contributed by atoms with Crippen LogP contribution in [0.25, 0.3) is 33.1 Å². The second-order valence-corrected chi connectivity index (χ2v) is 11.2. The monoisotopic (exact) mass is 558 g/mol. The van der Waals surface area contributed by atoms with Crippen LogP contribution in [-0.2, 0) is 0 Å². The summed E-state index contributed by atoms with van der Waals surface area (Å²) >= 11 is 3.38. The lowest BCUT2D eigenvalue weighted by molar-refractivity contribution is 0.199. The Morgan fingerprint density at radius 2 is 1.67 bits per heavy atom. The highest BCUT2D eigenvalue weighted by Gasteiger charge is 2.21. The first-order chi connectivity index (χ1) is 19.2. The summed E-state index contributed by atoms with van der Waals surface area (Å²) in [5.74, 6) is 1.47. The molecule has 0 spiro atoms. The first kappa shape index (κ1) is 25.7. The Morgan fingerprint density at radius 3 is 2.49 bits per heavy atom. The predicted molar refractivity (Wildman–Crippen MR) is 159 cm³/mol. The Bertz CT molecular complexity index is 1650. The quantitative estimate of drug-likeness (QED) is 0.158. The van der Waals surface area contributed by atoms with E-state index in [1.165, 1.54) is 4.88 Å². The number of nitrogens with one attached hydrogen (secondary N) is 1. The van der Waals surface area contributed by atoms with Gasteiger partial charge in [-0.15, -0.1) is 22.7 Å². The van der Waals surface area contributed by atoms with Gasteiger partial charge in [-0.05, 0) is 84.5 Å². The van der Waals surface area contributed by atoms with Crippen LogP contribution < -0.4 is 20.5 Å². The molecule has 8 heteroatoms. The smallest absolute Gasteiger partial charge is 0.176 e. The van der Waals surface area contributed by atoms with Crippen molar-refractivity contribution in [3.63, 3.8) is 0 Å². The normalized spacial score (nSPS) is 13.2. The molecule has 200 valence electrons. The molecular weight excluding hydrogens is 528 g/mol. The maximum absolute atomic E-state index is 6.53. The standard InChI is InChI=1S/C31H30N2O4S2/c1-33-14-10-25(28-6-3-17-38-28)37-27-8-7-22(23-12-16-35-31(23)27)21-18-29(39-19-21)24(9-13-32)36-26-5-2-4-20-11-15-34-30(20)26/h2-8,11-12,15-19,24-25,33H,9-10,13-14,32H2,1H3. The van der Waals surface area contributed by atoms with Gasteiger partial charge in [0.2, 0.25) is 0 Å². The number of thiophene rings is 2. The first-order valence-corrected chi connectivity index (χ1v) is 14.8. The fourth-order valence-electron chi connectivity index (χ4n) is 4.83. The minimum Gasteiger partial charge on any atom is -0.481 e. The molecular formula is C31H30N2O4S2. The number of hydrogen-bond donors (Lipinski definition) is 2. The van der Waals surface area contributed by atoms with Crippen molar-refractivity contribution in [1.29, 1.82) is 0 Å². The van der Waals surface area contributed by atoms with Crippen LogP contribution in [0.4, 0.5) is 0 Å². The van der Waals surface area contributed by atoms with Crippen molar-refractivity contribution in [3.05, 3.63) is 93.7 Å². The third-order valence-electron chi connectivity index (χ3n) is 6.76. The molecule has 0 aliphatic carbocycles. The molecule has 0 fully saturated rings. The van der Waals surface area contributed by atoms with Crippen molar-refractivity contribution in [2.75, 3.05) is 20.1 Å². The summed E-state index contributed by atoms with van der Waals surface area (Å²) in [5, 5.41) is 9.52. The molecule has 6 aromatic rings. The molecule has 0 saturated carbocycles. The summed E-state index contributed by atoms with van der Waals surface area (Å²) in [6.07, 6.45) is 4.76. The van der Waals surface area contributed by atoms with Crippen molar-refractivity contribution in [3.8, 4) is 22.6 Å². The number of furan rings is 2. The summed E-state index contributed by atoms with van der Waals surface area (Å²) in [6.45, 7) is 1.38. The first-order valence-electron chi connectivity index (χ1n) is 13.0. The van der Waals surface area contributed by atoms with E-state index in [2.05, 4.69) is 40.3 Å². The number of ether oxygens (including phenoxy) is 2. The van der Waals surface area contributed by atoms with Gasteiger partial charge in [0.1, 0.15) is 12.2 Å². The van der Waals surface area contributed by atoms with Gasteiger partial charge >= 0.3 is 0 Å². The summed E-state index contributed by atoms with van der Waals surface area (Å²) < 4.78 is 24.6. The van der Waals surface area contributed by atoms with Crippen LogP contribution in [0.5, 0.6) is 11.5 Å². The highest BCUT2D eigenvalue weighted by Crippen LogP contribution is 2.41. The van der Waals surface area contributed by atoms with Gasteiger partial charge in [0.05, 0.1) is 12.5 Å². The molecule has 0 bridgehead atoms. The van der Waals surface area contributed by atoms with E-state index in [4.69, 9.17) is 24.0 Å². The molecule has 4 heterocycles. The zero-order valence-corrected chi connectivity index (χ0v) is 23.2. The van der Waals surface area contributed by atoms with Crippen LogP contribution >= 0.6 is 22.7 Å². The van der Waals surface area contributed by atoms with Crippen molar-refractivity contribution in [2.24, 2.45) is 5.73 Å². The third-order valence-corrected chi connectivity index (χ3v) is 8.74. The SMILES string of the molecule is CNCCC(Oc1ccc(-c2csc(C(CCN)Oc3cccc4ccoc34)c2)c2ccoc12)c1cccs1. The van der Waals surface area contributed by atoms with Crippen molar-refractivity contribution in [2.45, 2.75) is 25.0 Å². The second kappa shape index (κ2) is 11.7. The number of para-hydroxylation sites is 1. The van der Waals surface area contributed by atoms with Gasteiger partial charge in [0.15, 0.2) is 22.7 Å². The van der Waals surface area contributed by atoms with Crippen molar-refractivity contribution in [1.82, 2.24) is 5.32 Å². The van der Waals surface area contributed by atoms with Gasteiger partial charge < -0.3 is 29.4 Å². The molecule has 4 aromatic heterocycles. The van der Waals surface area contributed by atoms with Gasteiger partial charge in [-0.2, -0.15) is 0 Å². The average molecular weight is 559 g/mol.